The average Bonchev–Trinajstić information content (AvgIpc) is 3.33. The third-order valence-corrected chi connectivity index (χ3v) is 7.99. The lowest BCUT2D eigenvalue weighted by Gasteiger charge is -2.39. The van der Waals surface area contributed by atoms with E-state index in [2.05, 4.69) is 45.3 Å². The van der Waals surface area contributed by atoms with Gasteiger partial charge in [-0.1, -0.05) is 32.0 Å². The van der Waals surface area contributed by atoms with Crippen LogP contribution in [0, 0.1) is 0 Å². The number of urea groups is 1. The fourth-order valence-electron chi connectivity index (χ4n) is 6.03. The number of pyridine rings is 1. The van der Waals surface area contributed by atoms with Gasteiger partial charge in [-0.2, -0.15) is 5.10 Å². The average molecular weight is 500 g/mol. The molecule has 0 aliphatic carbocycles. The van der Waals surface area contributed by atoms with Gasteiger partial charge in [0.05, 0.1) is 6.20 Å². The van der Waals surface area contributed by atoms with Crippen molar-refractivity contribution in [3.8, 4) is 0 Å². The normalized spacial score (nSPS) is 19.6. The van der Waals surface area contributed by atoms with E-state index in [4.69, 9.17) is 0 Å². The molecule has 5 heterocycles. The Morgan fingerprint density at radius 3 is 2.73 bits per heavy atom. The number of piperidine rings is 1. The number of hydrogen-bond acceptors (Lipinski definition) is 5. The maximum absolute atomic E-state index is 13.5. The summed E-state index contributed by atoms with van der Waals surface area (Å²) in [4.78, 5) is 37.1. The fraction of sp³-hybridized carbons (Fsp3) is 0.429. The van der Waals surface area contributed by atoms with Crippen molar-refractivity contribution in [1.29, 1.82) is 0 Å². The number of fused-ring (bicyclic) bond motifs is 2. The van der Waals surface area contributed by atoms with Crippen LogP contribution in [0.2, 0.25) is 0 Å². The van der Waals surface area contributed by atoms with Crippen molar-refractivity contribution in [2.75, 3.05) is 36.4 Å². The van der Waals surface area contributed by atoms with Gasteiger partial charge in [0.1, 0.15) is 5.82 Å². The Balaban J connectivity index is 1.11. The summed E-state index contributed by atoms with van der Waals surface area (Å²) in [5.74, 6) is 0.830. The first-order valence-electron chi connectivity index (χ1n) is 13.1. The highest BCUT2D eigenvalue weighted by atomic mass is 16.2. The predicted octanol–water partition coefficient (Wildman–Crippen LogP) is 3.80. The quantitative estimate of drug-likeness (QED) is 0.571. The van der Waals surface area contributed by atoms with E-state index >= 15 is 0 Å². The highest BCUT2D eigenvalue weighted by molar-refractivity contribution is 5.95. The molecule has 9 heteroatoms. The van der Waals surface area contributed by atoms with Crippen molar-refractivity contribution in [2.24, 2.45) is 0 Å². The largest absolute Gasteiger partial charge is 0.356 e. The molecule has 0 atom stereocenters. The molecule has 0 radical (unpaired) electrons. The molecule has 0 bridgehead atoms. The van der Waals surface area contributed by atoms with E-state index in [1.807, 2.05) is 40.3 Å². The number of aromatic nitrogens is 3. The van der Waals surface area contributed by atoms with E-state index in [1.54, 1.807) is 12.3 Å². The molecule has 1 aromatic carbocycles. The van der Waals surface area contributed by atoms with Gasteiger partial charge in [0.2, 0.25) is 0 Å². The third-order valence-electron chi connectivity index (χ3n) is 7.99. The second-order valence-electron chi connectivity index (χ2n) is 11.0. The van der Waals surface area contributed by atoms with Crippen molar-refractivity contribution in [1.82, 2.24) is 25.0 Å². The number of carbonyl (C=O) groups is 2. The summed E-state index contributed by atoms with van der Waals surface area (Å²) in [5, 5.41) is 10.4. The second-order valence-corrected chi connectivity index (χ2v) is 11.0. The number of amides is 3. The standard InChI is InChI=1S/C28H33N7O2/c1-28(2)18-34(17-21-16-30-32-25(21)28)26(36)20-7-11-29-24(15-20)33-12-9-22(10-13-33)35-14-8-19-5-3-4-6-23(19)31-27(35)37/h3-7,11,15-16,22H,8-10,12-14,17-18H2,1-2H3,(H,30,32)(H,31,37). The van der Waals surface area contributed by atoms with Crippen molar-refractivity contribution in [3.05, 3.63) is 71.2 Å². The molecule has 9 nitrogen and oxygen atoms in total. The fourth-order valence-corrected chi connectivity index (χ4v) is 6.03. The zero-order valence-corrected chi connectivity index (χ0v) is 21.4. The molecule has 1 saturated heterocycles. The number of anilines is 2. The van der Waals surface area contributed by atoms with Gasteiger partial charge in [0, 0.05) is 72.9 Å². The van der Waals surface area contributed by atoms with Crippen LogP contribution >= 0.6 is 0 Å². The number of H-pyrrole nitrogens is 1. The minimum atomic E-state index is -0.182. The summed E-state index contributed by atoms with van der Waals surface area (Å²) in [6.07, 6.45) is 6.14. The second kappa shape index (κ2) is 9.21. The molecule has 6 rings (SSSR count). The number of benzene rings is 1. The number of carbonyl (C=O) groups excluding carboxylic acids is 2. The van der Waals surface area contributed by atoms with E-state index in [0.717, 1.165) is 61.7 Å². The lowest BCUT2D eigenvalue weighted by Crippen LogP contribution is -2.49. The lowest BCUT2D eigenvalue weighted by molar-refractivity contribution is 0.0684. The van der Waals surface area contributed by atoms with Crippen molar-refractivity contribution < 1.29 is 9.59 Å². The molecule has 3 aliphatic heterocycles. The minimum Gasteiger partial charge on any atom is -0.356 e. The summed E-state index contributed by atoms with van der Waals surface area (Å²) in [7, 11) is 0. The maximum atomic E-state index is 13.5. The van der Waals surface area contributed by atoms with Crippen molar-refractivity contribution in [3.63, 3.8) is 0 Å². The highest BCUT2D eigenvalue weighted by Crippen LogP contribution is 2.33. The molecule has 2 N–H and O–H groups in total. The van der Waals surface area contributed by atoms with E-state index in [-0.39, 0.29) is 23.4 Å². The van der Waals surface area contributed by atoms with Gasteiger partial charge in [0.15, 0.2) is 0 Å². The van der Waals surface area contributed by atoms with Gasteiger partial charge in [-0.15, -0.1) is 0 Å². The number of rotatable bonds is 3. The van der Waals surface area contributed by atoms with Crippen molar-refractivity contribution >= 4 is 23.4 Å². The van der Waals surface area contributed by atoms with E-state index in [9.17, 15) is 9.59 Å². The Morgan fingerprint density at radius 2 is 1.89 bits per heavy atom. The minimum absolute atomic E-state index is 0.0132. The van der Waals surface area contributed by atoms with Crippen LogP contribution in [-0.2, 0) is 18.4 Å². The number of nitrogens with one attached hydrogen (secondary N) is 2. The third kappa shape index (κ3) is 4.43. The molecular formula is C28H33N7O2. The van der Waals surface area contributed by atoms with Gasteiger partial charge in [-0.05, 0) is 43.0 Å². The SMILES string of the molecule is CC1(C)CN(C(=O)c2ccnc(N3CCC(N4CCc5ccccc5NC4=O)CC3)c2)Cc2cn[nH]c21. The Morgan fingerprint density at radius 1 is 1.08 bits per heavy atom. The van der Waals surface area contributed by atoms with Crippen molar-refractivity contribution in [2.45, 2.75) is 51.1 Å². The van der Waals surface area contributed by atoms with Crippen LogP contribution in [0.25, 0.3) is 0 Å². The van der Waals surface area contributed by atoms with Gasteiger partial charge in [-0.25, -0.2) is 9.78 Å². The van der Waals surface area contributed by atoms with Gasteiger partial charge < -0.3 is 20.0 Å². The molecule has 0 saturated carbocycles. The summed E-state index contributed by atoms with van der Waals surface area (Å²) in [5.41, 5.74) is 4.75. The number of nitrogens with zero attached hydrogens (tertiary/aromatic N) is 5. The topological polar surface area (TPSA) is 97.5 Å². The molecular weight excluding hydrogens is 466 g/mol. The zero-order valence-electron chi connectivity index (χ0n) is 21.4. The van der Waals surface area contributed by atoms with Crippen LogP contribution in [0.15, 0.2) is 48.8 Å². The van der Waals surface area contributed by atoms with Gasteiger partial charge >= 0.3 is 6.03 Å². The molecule has 3 amide bonds. The molecule has 37 heavy (non-hydrogen) atoms. The summed E-state index contributed by atoms with van der Waals surface area (Å²) in [6, 6.07) is 11.9. The first-order chi connectivity index (χ1) is 17.9. The number of aromatic amines is 1. The van der Waals surface area contributed by atoms with Crippen LogP contribution < -0.4 is 10.2 Å². The lowest BCUT2D eigenvalue weighted by atomic mass is 9.83. The van der Waals surface area contributed by atoms with Gasteiger partial charge in [0.25, 0.3) is 5.91 Å². The predicted molar refractivity (Wildman–Crippen MR) is 142 cm³/mol. The van der Waals surface area contributed by atoms with Crippen LogP contribution in [0.4, 0.5) is 16.3 Å². The first kappa shape index (κ1) is 23.5. The zero-order chi connectivity index (χ0) is 25.6. The van der Waals surface area contributed by atoms with Crippen LogP contribution in [-0.4, -0.2) is 69.1 Å². The van der Waals surface area contributed by atoms with E-state index in [1.165, 1.54) is 5.56 Å². The monoisotopic (exact) mass is 499 g/mol. The number of para-hydroxylation sites is 1. The Labute approximate surface area is 216 Å². The molecule has 0 unspecified atom stereocenters. The molecule has 2 aromatic heterocycles. The summed E-state index contributed by atoms with van der Waals surface area (Å²) in [6.45, 7) is 7.76. The summed E-state index contributed by atoms with van der Waals surface area (Å²) < 4.78 is 0. The smallest absolute Gasteiger partial charge is 0.322 e. The first-order valence-corrected chi connectivity index (χ1v) is 13.1. The molecule has 192 valence electrons. The maximum Gasteiger partial charge on any atom is 0.322 e. The highest BCUT2D eigenvalue weighted by Gasteiger charge is 2.36. The van der Waals surface area contributed by atoms with E-state index < -0.39 is 0 Å². The van der Waals surface area contributed by atoms with Crippen LogP contribution in [0.1, 0.15) is 53.9 Å². The molecule has 0 spiro atoms. The van der Waals surface area contributed by atoms with Crippen LogP contribution in [0.5, 0.6) is 0 Å². The Kier molecular flexibility index (Phi) is 5.85. The Bertz CT molecular complexity index is 1330. The number of hydrogen-bond donors (Lipinski definition) is 2. The Hall–Kier alpha value is -3.88. The van der Waals surface area contributed by atoms with E-state index in [0.29, 0.717) is 18.7 Å². The molecule has 3 aliphatic rings. The van der Waals surface area contributed by atoms with Crippen LogP contribution in [0.3, 0.4) is 0 Å². The summed E-state index contributed by atoms with van der Waals surface area (Å²) >= 11 is 0. The van der Waals surface area contributed by atoms with Gasteiger partial charge in [-0.3, -0.25) is 9.89 Å². The molecule has 3 aromatic rings. The molecule has 1 fully saturated rings.